The Kier molecular flexibility index (Phi) is 4.88. The smallest absolute Gasteiger partial charge is 0.272 e. The fourth-order valence-corrected chi connectivity index (χ4v) is 3.60. The number of rotatable bonds is 3. The minimum absolute atomic E-state index is 0.0493. The van der Waals surface area contributed by atoms with Crippen LogP contribution in [0.3, 0.4) is 0 Å². The van der Waals surface area contributed by atoms with E-state index in [1.165, 1.54) is 0 Å². The molecule has 0 bridgehead atoms. The Hall–Kier alpha value is -2.76. The van der Waals surface area contributed by atoms with Gasteiger partial charge in [-0.3, -0.25) is 9.78 Å². The molecule has 1 fully saturated rings. The van der Waals surface area contributed by atoms with Gasteiger partial charge in [-0.15, -0.1) is 0 Å². The molecule has 2 atom stereocenters. The molecule has 1 aromatic heterocycles. The van der Waals surface area contributed by atoms with Gasteiger partial charge in [-0.1, -0.05) is 36.4 Å². The number of para-hydroxylation sites is 1. The van der Waals surface area contributed by atoms with Gasteiger partial charge in [0.05, 0.1) is 29.6 Å². The second kappa shape index (κ2) is 7.47. The van der Waals surface area contributed by atoms with Gasteiger partial charge >= 0.3 is 0 Å². The Labute approximate surface area is 159 Å². The zero-order valence-electron chi connectivity index (χ0n) is 15.6. The zero-order chi connectivity index (χ0) is 18.8. The summed E-state index contributed by atoms with van der Waals surface area (Å²) in [4.78, 5) is 18.0. The molecule has 4 rings (SSSR count). The quantitative estimate of drug-likeness (QED) is 0.710. The fraction of sp³-hybridized carbons (Fsp3) is 0.273. The van der Waals surface area contributed by atoms with E-state index in [9.17, 15) is 4.79 Å². The number of ether oxygens (including phenoxy) is 1. The lowest BCUT2D eigenvalue weighted by Crippen LogP contribution is -2.56. The van der Waals surface area contributed by atoms with E-state index >= 15 is 0 Å². The van der Waals surface area contributed by atoms with Crippen molar-refractivity contribution < 1.29 is 9.53 Å². The summed E-state index contributed by atoms with van der Waals surface area (Å²) in [7, 11) is 0. The molecule has 3 aromatic rings. The van der Waals surface area contributed by atoms with Crippen molar-refractivity contribution in [2.45, 2.75) is 26.1 Å². The Balaban J connectivity index is 1.78. The molecule has 1 saturated heterocycles. The molecular weight excluding hydrogens is 338 g/mol. The molecule has 27 heavy (non-hydrogen) atoms. The Bertz CT molecular complexity index is 934. The van der Waals surface area contributed by atoms with E-state index in [-0.39, 0.29) is 18.1 Å². The maximum absolute atomic E-state index is 13.4. The van der Waals surface area contributed by atoms with Gasteiger partial charge < -0.3 is 4.74 Å². The van der Waals surface area contributed by atoms with Crippen LogP contribution in [-0.4, -0.2) is 41.2 Å². The predicted molar refractivity (Wildman–Crippen MR) is 107 cm³/mol. The van der Waals surface area contributed by atoms with Crippen molar-refractivity contribution in [3.8, 4) is 0 Å². The monoisotopic (exact) mass is 361 g/mol. The summed E-state index contributed by atoms with van der Waals surface area (Å²) in [5, 5.41) is 4.83. The van der Waals surface area contributed by atoms with Gasteiger partial charge in [0.2, 0.25) is 0 Å². The van der Waals surface area contributed by atoms with Crippen LogP contribution in [-0.2, 0) is 4.74 Å². The molecule has 0 saturated carbocycles. The first-order valence-corrected chi connectivity index (χ1v) is 9.26. The zero-order valence-corrected chi connectivity index (χ0v) is 15.6. The summed E-state index contributed by atoms with van der Waals surface area (Å²) in [5.74, 6) is -0.0611. The minimum atomic E-state index is -0.0611. The highest BCUT2D eigenvalue weighted by atomic mass is 16.5. The molecule has 1 aliphatic rings. The van der Waals surface area contributed by atoms with Crippen LogP contribution in [0.1, 0.15) is 24.2 Å². The first-order chi connectivity index (χ1) is 13.1. The molecule has 2 aromatic carbocycles. The number of anilines is 1. The van der Waals surface area contributed by atoms with E-state index in [1.54, 1.807) is 11.2 Å². The van der Waals surface area contributed by atoms with E-state index < -0.39 is 0 Å². The molecule has 1 aliphatic heterocycles. The van der Waals surface area contributed by atoms with Crippen LogP contribution in [0, 0.1) is 0 Å². The van der Waals surface area contributed by atoms with Gasteiger partial charge in [0.25, 0.3) is 5.91 Å². The highest BCUT2D eigenvalue weighted by Gasteiger charge is 2.31. The first-order valence-electron chi connectivity index (χ1n) is 9.26. The molecule has 0 aliphatic carbocycles. The van der Waals surface area contributed by atoms with E-state index in [1.807, 2.05) is 74.5 Å². The largest absolute Gasteiger partial charge is 0.373 e. The van der Waals surface area contributed by atoms with Crippen LogP contribution >= 0.6 is 0 Å². The third-order valence-electron chi connectivity index (χ3n) is 4.72. The molecule has 0 spiro atoms. The number of hydrogen-bond donors (Lipinski definition) is 0. The molecule has 2 unspecified atom stereocenters. The molecule has 0 N–H and O–H groups in total. The third kappa shape index (κ3) is 3.70. The standard InChI is InChI=1S/C22H23N3O2/c1-16-14-24(15-17(2)27-16)25(22(26)18-8-4-3-5-9-18)20-12-19-10-6-7-11-21(19)23-13-20/h3-13,16-17H,14-15H2,1-2H3. The molecule has 5 heteroatoms. The van der Waals surface area contributed by atoms with Gasteiger partial charge in [0.1, 0.15) is 0 Å². The van der Waals surface area contributed by atoms with Crippen LogP contribution in [0.25, 0.3) is 10.9 Å². The number of hydrazine groups is 1. The lowest BCUT2D eigenvalue weighted by Gasteiger charge is -2.41. The Morgan fingerprint density at radius 2 is 1.70 bits per heavy atom. The maximum atomic E-state index is 13.4. The van der Waals surface area contributed by atoms with Crippen molar-refractivity contribution in [1.82, 2.24) is 9.99 Å². The normalized spacial score (nSPS) is 20.5. The highest BCUT2D eigenvalue weighted by molar-refractivity contribution is 6.06. The Morgan fingerprint density at radius 3 is 2.44 bits per heavy atom. The van der Waals surface area contributed by atoms with Gasteiger partial charge in [-0.05, 0) is 38.1 Å². The third-order valence-corrected chi connectivity index (χ3v) is 4.72. The number of fused-ring (bicyclic) bond motifs is 1. The number of hydrogen-bond acceptors (Lipinski definition) is 4. The van der Waals surface area contributed by atoms with Gasteiger partial charge in [0.15, 0.2) is 0 Å². The second-order valence-electron chi connectivity index (χ2n) is 7.00. The second-order valence-corrected chi connectivity index (χ2v) is 7.00. The van der Waals surface area contributed by atoms with E-state index in [2.05, 4.69) is 9.99 Å². The summed E-state index contributed by atoms with van der Waals surface area (Å²) in [6, 6.07) is 19.3. The summed E-state index contributed by atoms with van der Waals surface area (Å²) in [6.45, 7) is 5.37. The summed E-state index contributed by atoms with van der Waals surface area (Å²) in [6.07, 6.45) is 1.87. The van der Waals surface area contributed by atoms with Gasteiger partial charge in [-0.25, -0.2) is 10.0 Å². The molecule has 138 valence electrons. The average Bonchev–Trinajstić information content (AvgIpc) is 2.68. The van der Waals surface area contributed by atoms with E-state index in [0.29, 0.717) is 18.7 Å². The number of carbonyl (C=O) groups is 1. The van der Waals surface area contributed by atoms with Crippen LogP contribution in [0.4, 0.5) is 5.69 Å². The molecule has 1 amide bonds. The number of benzene rings is 2. The predicted octanol–water partition coefficient (Wildman–Crippen LogP) is 3.91. The van der Waals surface area contributed by atoms with Crippen LogP contribution < -0.4 is 5.01 Å². The van der Waals surface area contributed by atoms with Crippen molar-refractivity contribution >= 4 is 22.5 Å². The number of carbonyl (C=O) groups excluding carboxylic acids is 1. The molecule has 0 radical (unpaired) electrons. The number of pyridine rings is 1. The number of nitrogens with zero attached hydrogens (tertiary/aromatic N) is 3. The molecular formula is C22H23N3O2. The summed E-state index contributed by atoms with van der Waals surface area (Å²) < 4.78 is 5.86. The molecule has 2 heterocycles. The van der Waals surface area contributed by atoms with Crippen molar-refractivity contribution in [2.24, 2.45) is 0 Å². The SMILES string of the molecule is CC1CN(N(C(=O)c2ccccc2)c2cnc3ccccc3c2)CC(C)O1. The van der Waals surface area contributed by atoms with Gasteiger partial charge in [0, 0.05) is 24.0 Å². The van der Waals surface area contributed by atoms with Gasteiger partial charge in [-0.2, -0.15) is 0 Å². The lowest BCUT2D eigenvalue weighted by atomic mass is 10.1. The Morgan fingerprint density at radius 1 is 1.04 bits per heavy atom. The number of aromatic nitrogens is 1. The fourth-order valence-electron chi connectivity index (χ4n) is 3.60. The maximum Gasteiger partial charge on any atom is 0.272 e. The lowest BCUT2D eigenvalue weighted by molar-refractivity contribution is -0.0692. The minimum Gasteiger partial charge on any atom is -0.373 e. The molecule has 5 nitrogen and oxygen atoms in total. The van der Waals surface area contributed by atoms with Crippen LogP contribution in [0.15, 0.2) is 66.9 Å². The van der Waals surface area contributed by atoms with Crippen molar-refractivity contribution in [1.29, 1.82) is 0 Å². The van der Waals surface area contributed by atoms with Crippen LogP contribution in [0.5, 0.6) is 0 Å². The topological polar surface area (TPSA) is 45.7 Å². The van der Waals surface area contributed by atoms with Crippen LogP contribution in [0.2, 0.25) is 0 Å². The summed E-state index contributed by atoms with van der Waals surface area (Å²) in [5.41, 5.74) is 2.33. The highest BCUT2D eigenvalue weighted by Crippen LogP contribution is 2.25. The van der Waals surface area contributed by atoms with E-state index in [4.69, 9.17) is 4.74 Å². The van der Waals surface area contributed by atoms with Crippen molar-refractivity contribution in [2.75, 3.05) is 18.1 Å². The van der Waals surface area contributed by atoms with Crippen molar-refractivity contribution in [3.63, 3.8) is 0 Å². The number of morpholine rings is 1. The average molecular weight is 361 g/mol. The van der Waals surface area contributed by atoms with E-state index in [0.717, 1.165) is 16.6 Å². The number of amides is 1. The first kappa shape index (κ1) is 17.6. The van der Waals surface area contributed by atoms with Crippen molar-refractivity contribution in [3.05, 3.63) is 72.4 Å². The summed E-state index contributed by atoms with van der Waals surface area (Å²) >= 11 is 0.